The molecule has 28 heavy (non-hydrogen) atoms. The van der Waals surface area contributed by atoms with Crippen molar-refractivity contribution in [2.75, 3.05) is 6.54 Å². The quantitative estimate of drug-likeness (QED) is 0.656. The van der Waals surface area contributed by atoms with Crippen LogP contribution in [0.2, 0.25) is 0 Å². The molecule has 1 aromatic heterocycles. The van der Waals surface area contributed by atoms with E-state index in [2.05, 4.69) is 10.4 Å². The first-order chi connectivity index (χ1) is 13.3. The molecular weight excluding hydrogens is 378 g/mol. The van der Waals surface area contributed by atoms with Gasteiger partial charge >= 0.3 is 12.3 Å². The number of ether oxygens (including phenoxy) is 1. The maximum atomic E-state index is 13.5. The second-order valence-electron chi connectivity index (χ2n) is 5.80. The summed E-state index contributed by atoms with van der Waals surface area (Å²) in [7, 11) is 0. The number of nitrogens with one attached hydrogen (secondary N) is 1. The molecule has 0 radical (unpaired) electrons. The Kier molecular flexibility index (Phi) is 5.62. The average Bonchev–Trinajstić information content (AvgIpc) is 3.08. The van der Waals surface area contributed by atoms with E-state index < -0.39 is 23.7 Å². The van der Waals surface area contributed by atoms with Crippen LogP contribution in [0.4, 0.5) is 22.4 Å². The van der Waals surface area contributed by atoms with Gasteiger partial charge in [0.05, 0.1) is 11.9 Å². The largest absolute Gasteiger partial charge is 0.437 e. The first-order valence-corrected chi connectivity index (χ1v) is 8.25. The number of nitrogens with zero attached hydrogens (tertiary/aromatic N) is 2. The van der Waals surface area contributed by atoms with Gasteiger partial charge in [-0.15, -0.1) is 0 Å². The Morgan fingerprint density at radius 1 is 1.07 bits per heavy atom. The van der Waals surface area contributed by atoms with Crippen LogP contribution in [0.25, 0.3) is 5.69 Å². The number of alkyl halides is 3. The Bertz CT molecular complexity index is 938. The molecule has 0 bridgehead atoms. The summed E-state index contributed by atoms with van der Waals surface area (Å²) >= 11 is 0. The standard InChI is InChI=1S/C19H15F4N3O2/c20-14-8-6-13(7-9-14)10-11-24-18(27)28-16-12-25-26(17(16)19(21,22)23)15-4-2-1-3-5-15/h1-9,12H,10-11H2,(H,24,27). The predicted octanol–water partition coefficient (Wildman–Crippen LogP) is 4.36. The SMILES string of the molecule is O=C(NCCc1ccc(F)cc1)Oc1cnn(-c2ccccc2)c1C(F)(F)F. The number of aromatic nitrogens is 2. The zero-order chi connectivity index (χ0) is 20.1. The maximum Gasteiger partial charge on any atom is 0.437 e. The smallest absolute Gasteiger partial charge is 0.406 e. The van der Waals surface area contributed by atoms with Crippen molar-refractivity contribution in [3.05, 3.63) is 77.9 Å². The first-order valence-electron chi connectivity index (χ1n) is 8.25. The third-order valence-electron chi connectivity index (χ3n) is 3.80. The van der Waals surface area contributed by atoms with Gasteiger partial charge in [0.1, 0.15) is 5.82 Å². The highest BCUT2D eigenvalue weighted by atomic mass is 19.4. The average molecular weight is 393 g/mol. The normalized spacial score (nSPS) is 11.3. The lowest BCUT2D eigenvalue weighted by Crippen LogP contribution is -2.29. The zero-order valence-corrected chi connectivity index (χ0v) is 14.4. The highest BCUT2D eigenvalue weighted by Crippen LogP contribution is 2.37. The van der Waals surface area contributed by atoms with Crippen molar-refractivity contribution in [3.8, 4) is 11.4 Å². The molecule has 9 heteroatoms. The van der Waals surface area contributed by atoms with Gasteiger partial charge in [-0.1, -0.05) is 30.3 Å². The molecule has 146 valence electrons. The van der Waals surface area contributed by atoms with Crippen LogP contribution in [-0.4, -0.2) is 22.4 Å². The van der Waals surface area contributed by atoms with Crippen LogP contribution in [0.5, 0.6) is 5.75 Å². The number of halogens is 4. The van der Waals surface area contributed by atoms with E-state index in [0.29, 0.717) is 11.1 Å². The number of para-hydroxylation sites is 1. The van der Waals surface area contributed by atoms with Crippen molar-refractivity contribution >= 4 is 6.09 Å². The molecule has 0 aliphatic carbocycles. The fourth-order valence-corrected chi connectivity index (χ4v) is 2.53. The molecule has 0 spiro atoms. The Morgan fingerprint density at radius 3 is 2.39 bits per heavy atom. The van der Waals surface area contributed by atoms with E-state index in [4.69, 9.17) is 4.74 Å². The summed E-state index contributed by atoms with van der Waals surface area (Å²) in [4.78, 5) is 11.9. The van der Waals surface area contributed by atoms with Crippen LogP contribution >= 0.6 is 0 Å². The number of rotatable bonds is 5. The van der Waals surface area contributed by atoms with Crippen molar-refractivity contribution < 1.29 is 27.1 Å². The molecule has 0 saturated heterocycles. The molecular formula is C19H15F4N3O2. The minimum Gasteiger partial charge on any atom is -0.406 e. The van der Waals surface area contributed by atoms with Gasteiger partial charge in [0.25, 0.3) is 0 Å². The number of carbonyl (C=O) groups excluding carboxylic acids is 1. The molecule has 0 aliphatic heterocycles. The Labute approximate surface area is 157 Å². The molecule has 3 rings (SSSR count). The van der Waals surface area contributed by atoms with Crippen LogP contribution in [-0.2, 0) is 12.6 Å². The maximum absolute atomic E-state index is 13.5. The zero-order valence-electron chi connectivity index (χ0n) is 14.4. The summed E-state index contributed by atoms with van der Waals surface area (Å²) in [6.07, 6.45) is -4.61. The van der Waals surface area contributed by atoms with Gasteiger partial charge < -0.3 is 10.1 Å². The number of carbonyl (C=O) groups is 1. The Morgan fingerprint density at radius 2 is 1.75 bits per heavy atom. The Balaban J connectivity index is 1.68. The van der Waals surface area contributed by atoms with Gasteiger partial charge in [-0.05, 0) is 36.2 Å². The van der Waals surface area contributed by atoms with Crippen molar-refractivity contribution in [2.45, 2.75) is 12.6 Å². The van der Waals surface area contributed by atoms with Gasteiger partial charge in [-0.3, -0.25) is 0 Å². The third kappa shape index (κ3) is 4.67. The van der Waals surface area contributed by atoms with Gasteiger partial charge in [0, 0.05) is 6.54 Å². The van der Waals surface area contributed by atoms with Crippen molar-refractivity contribution in [1.29, 1.82) is 0 Å². The van der Waals surface area contributed by atoms with Crippen LogP contribution in [0.3, 0.4) is 0 Å². The minimum atomic E-state index is -4.78. The van der Waals surface area contributed by atoms with E-state index >= 15 is 0 Å². The van der Waals surface area contributed by atoms with Crippen LogP contribution < -0.4 is 10.1 Å². The van der Waals surface area contributed by atoms with E-state index in [1.54, 1.807) is 30.3 Å². The fourth-order valence-electron chi connectivity index (χ4n) is 2.53. The molecule has 0 atom stereocenters. The fraction of sp³-hybridized carbons (Fsp3) is 0.158. The lowest BCUT2D eigenvalue weighted by Gasteiger charge is -2.12. The van der Waals surface area contributed by atoms with Crippen molar-refractivity contribution in [2.24, 2.45) is 0 Å². The van der Waals surface area contributed by atoms with Crippen LogP contribution in [0, 0.1) is 5.82 Å². The summed E-state index contributed by atoms with van der Waals surface area (Å²) in [5.74, 6) is -1.08. The number of benzene rings is 2. The van der Waals surface area contributed by atoms with Gasteiger partial charge in [0.15, 0.2) is 11.4 Å². The van der Waals surface area contributed by atoms with Gasteiger partial charge in [0.2, 0.25) is 0 Å². The molecule has 0 unspecified atom stereocenters. The van der Waals surface area contributed by atoms with E-state index in [-0.39, 0.29) is 18.0 Å². The van der Waals surface area contributed by atoms with E-state index in [0.717, 1.165) is 11.8 Å². The van der Waals surface area contributed by atoms with Crippen LogP contribution in [0.15, 0.2) is 60.8 Å². The Hall–Kier alpha value is -3.36. The van der Waals surface area contributed by atoms with E-state index in [1.165, 1.54) is 24.3 Å². The lowest BCUT2D eigenvalue weighted by atomic mass is 10.1. The predicted molar refractivity (Wildman–Crippen MR) is 92.7 cm³/mol. The molecule has 3 aromatic rings. The molecule has 1 heterocycles. The molecule has 1 amide bonds. The number of hydrogen-bond donors (Lipinski definition) is 1. The summed E-state index contributed by atoms with van der Waals surface area (Å²) in [6, 6.07) is 13.4. The third-order valence-corrected chi connectivity index (χ3v) is 3.80. The number of amides is 1. The number of hydrogen-bond acceptors (Lipinski definition) is 3. The summed E-state index contributed by atoms with van der Waals surface area (Å²) in [5.41, 5.74) is -0.247. The van der Waals surface area contributed by atoms with E-state index in [1.807, 2.05) is 0 Å². The summed E-state index contributed by atoms with van der Waals surface area (Å²) in [5, 5.41) is 6.06. The monoisotopic (exact) mass is 393 g/mol. The highest BCUT2D eigenvalue weighted by molar-refractivity contribution is 5.70. The van der Waals surface area contributed by atoms with E-state index in [9.17, 15) is 22.4 Å². The first kappa shape index (κ1) is 19.4. The van der Waals surface area contributed by atoms with Gasteiger partial charge in [-0.2, -0.15) is 18.3 Å². The van der Waals surface area contributed by atoms with Crippen LogP contribution in [0.1, 0.15) is 11.3 Å². The second kappa shape index (κ2) is 8.12. The van der Waals surface area contributed by atoms with Gasteiger partial charge in [-0.25, -0.2) is 13.9 Å². The van der Waals surface area contributed by atoms with Crippen molar-refractivity contribution in [1.82, 2.24) is 15.1 Å². The molecule has 0 aliphatic rings. The topological polar surface area (TPSA) is 56.1 Å². The van der Waals surface area contributed by atoms with Crippen molar-refractivity contribution in [3.63, 3.8) is 0 Å². The molecule has 0 fully saturated rings. The lowest BCUT2D eigenvalue weighted by molar-refractivity contribution is -0.143. The second-order valence-corrected chi connectivity index (χ2v) is 5.80. The summed E-state index contributed by atoms with van der Waals surface area (Å²) in [6.45, 7) is 0.110. The molecule has 1 N–H and O–H groups in total. The minimum absolute atomic E-state index is 0.110. The molecule has 2 aromatic carbocycles. The highest BCUT2D eigenvalue weighted by Gasteiger charge is 2.40. The molecule has 0 saturated carbocycles. The molecule has 5 nitrogen and oxygen atoms in total. The summed E-state index contributed by atoms with van der Waals surface area (Å²) < 4.78 is 58.8.